The van der Waals surface area contributed by atoms with Crippen LogP contribution in [0, 0.1) is 6.92 Å². The molecular formula is C32H29NO5. The number of Topliss-reactive ketones (excluding diaryl/α,β-unsaturated/α-hetero) is 1. The Kier molecular flexibility index (Phi) is 7.24. The first kappa shape index (κ1) is 25.2. The molecule has 38 heavy (non-hydrogen) atoms. The van der Waals surface area contributed by atoms with Crippen LogP contribution in [0.5, 0.6) is 5.75 Å². The number of methoxy groups -OCH3 is 1. The molecule has 6 heteroatoms. The van der Waals surface area contributed by atoms with E-state index in [0.29, 0.717) is 17.9 Å². The van der Waals surface area contributed by atoms with Crippen LogP contribution in [0.1, 0.15) is 28.3 Å². The van der Waals surface area contributed by atoms with Gasteiger partial charge in [0.2, 0.25) is 0 Å². The number of hydrogen-bond donors (Lipinski definition) is 1. The van der Waals surface area contributed by atoms with Crippen LogP contribution in [-0.4, -0.2) is 42.0 Å². The van der Waals surface area contributed by atoms with E-state index in [1.807, 2.05) is 79.7 Å². The van der Waals surface area contributed by atoms with Gasteiger partial charge in [-0.2, -0.15) is 0 Å². The van der Waals surface area contributed by atoms with Gasteiger partial charge in [-0.3, -0.25) is 9.59 Å². The fourth-order valence-electron chi connectivity index (χ4n) is 4.96. The lowest BCUT2D eigenvalue weighted by Crippen LogP contribution is -2.32. The standard InChI is InChI=1S/C32H29NO5/c1-21-19-24(15-16-27(21)38-20-22-9-4-3-5-10-22)30(34)28-29(33(17-18-37-2)32(36)31(28)35)26-14-8-12-23-11-6-7-13-25(23)26/h3-16,19,29,34H,17-18,20H2,1-2H3/b30-28-. The van der Waals surface area contributed by atoms with Gasteiger partial charge in [0, 0.05) is 19.2 Å². The fraction of sp³-hybridized carbons (Fsp3) is 0.188. The van der Waals surface area contributed by atoms with Crippen molar-refractivity contribution in [2.24, 2.45) is 0 Å². The summed E-state index contributed by atoms with van der Waals surface area (Å²) in [4.78, 5) is 28.0. The smallest absolute Gasteiger partial charge is 0.295 e. The molecule has 192 valence electrons. The Labute approximate surface area is 221 Å². The molecule has 1 aliphatic rings. The number of amides is 1. The average Bonchev–Trinajstić information content (AvgIpc) is 3.20. The zero-order chi connectivity index (χ0) is 26.6. The third-order valence-electron chi connectivity index (χ3n) is 6.88. The van der Waals surface area contributed by atoms with Crippen molar-refractivity contribution < 1.29 is 24.2 Å². The summed E-state index contributed by atoms with van der Waals surface area (Å²) >= 11 is 0. The van der Waals surface area contributed by atoms with Crippen molar-refractivity contribution >= 4 is 28.2 Å². The number of fused-ring (bicyclic) bond motifs is 1. The highest BCUT2D eigenvalue weighted by Crippen LogP contribution is 2.42. The number of carbonyl (C=O) groups is 2. The van der Waals surface area contributed by atoms with Crippen molar-refractivity contribution in [3.8, 4) is 5.75 Å². The van der Waals surface area contributed by atoms with Gasteiger partial charge in [0.1, 0.15) is 18.1 Å². The molecule has 0 bridgehead atoms. The highest BCUT2D eigenvalue weighted by Gasteiger charge is 2.46. The third-order valence-corrected chi connectivity index (χ3v) is 6.88. The van der Waals surface area contributed by atoms with Crippen LogP contribution in [0.2, 0.25) is 0 Å². The number of hydrogen-bond acceptors (Lipinski definition) is 5. The van der Waals surface area contributed by atoms with Gasteiger partial charge >= 0.3 is 0 Å². The van der Waals surface area contributed by atoms with E-state index >= 15 is 0 Å². The normalized spacial score (nSPS) is 16.8. The van der Waals surface area contributed by atoms with Crippen molar-refractivity contribution in [2.75, 3.05) is 20.3 Å². The van der Waals surface area contributed by atoms with Gasteiger partial charge in [-0.05, 0) is 52.6 Å². The lowest BCUT2D eigenvalue weighted by molar-refractivity contribution is -0.140. The molecule has 1 N–H and O–H groups in total. The molecule has 0 aromatic heterocycles. The number of rotatable bonds is 8. The first-order chi connectivity index (χ1) is 18.5. The molecule has 1 fully saturated rings. The van der Waals surface area contributed by atoms with Gasteiger partial charge < -0.3 is 19.5 Å². The molecule has 1 saturated heterocycles. The topological polar surface area (TPSA) is 76.1 Å². The molecule has 1 atom stereocenters. The van der Waals surface area contributed by atoms with E-state index in [0.717, 1.165) is 27.5 Å². The minimum absolute atomic E-state index is 0.0693. The second-order valence-corrected chi connectivity index (χ2v) is 9.31. The summed E-state index contributed by atoms with van der Waals surface area (Å²) in [6.45, 7) is 2.78. The van der Waals surface area contributed by atoms with Crippen molar-refractivity contribution in [3.05, 3.63) is 119 Å². The predicted octanol–water partition coefficient (Wildman–Crippen LogP) is 5.80. The summed E-state index contributed by atoms with van der Waals surface area (Å²) in [5.41, 5.74) is 3.15. The number of aliphatic hydroxyl groups excluding tert-OH is 1. The van der Waals surface area contributed by atoms with E-state index in [9.17, 15) is 14.7 Å². The number of aliphatic hydroxyl groups is 1. The maximum Gasteiger partial charge on any atom is 0.295 e. The van der Waals surface area contributed by atoms with Gasteiger partial charge in [0.15, 0.2) is 0 Å². The second-order valence-electron chi connectivity index (χ2n) is 9.31. The highest BCUT2D eigenvalue weighted by molar-refractivity contribution is 6.46. The summed E-state index contributed by atoms with van der Waals surface area (Å²) < 4.78 is 11.2. The predicted molar refractivity (Wildman–Crippen MR) is 147 cm³/mol. The third kappa shape index (κ3) is 4.78. The van der Waals surface area contributed by atoms with Gasteiger partial charge in [-0.1, -0.05) is 72.8 Å². The highest BCUT2D eigenvalue weighted by atomic mass is 16.5. The van der Waals surface area contributed by atoms with Gasteiger partial charge in [-0.15, -0.1) is 0 Å². The van der Waals surface area contributed by atoms with Gasteiger partial charge in [0.05, 0.1) is 18.2 Å². The number of nitrogens with zero attached hydrogens (tertiary/aromatic N) is 1. The van der Waals surface area contributed by atoms with Gasteiger partial charge in [0.25, 0.3) is 11.7 Å². The zero-order valence-corrected chi connectivity index (χ0v) is 21.4. The van der Waals surface area contributed by atoms with Crippen LogP contribution in [0.25, 0.3) is 16.5 Å². The number of ether oxygens (including phenoxy) is 2. The maximum atomic E-state index is 13.4. The number of aryl methyl sites for hydroxylation is 1. The molecule has 0 spiro atoms. The summed E-state index contributed by atoms with van der Waals surface area (Å²) in [6.07, 6.45) is 0. The van der Waals surface area contributed by atoms with Crippen molar-refractivity contribution in [1.82, 2.24) is 4.90 Å². The molecule has 6 nitrogen and oxygen atoms in total. The molecule has 4 aromatic rings. The molecule has 1 unspecified atom stereocenters. The molecular weight excluding hydrogens is 478 g/mol. The van der Waals surface area contributed by atoms with Crippen molar-refractivity contribution in [2.45, 2.75) is 19.6 Å². The molecule has 5 rings (SSSR count). The summed E-state index contributed by atoms with van der Waals surface area (Å²) in [6, 6.07) is 28.0. The molecule has 1 heterocycles. The number of carbonyl (C=O) groups excluding carboxylic acids is 2. The molecule has 0 aliphatic carbocycles. The minimum atomic E-state index is -0.745. The van der Waals surface area contributed by atoms with Crippen LogP contribution in [0.15, 0.2) is 96.6 Å². The largest absolute Gasteiger partial charge is 0.507 e. The van der Waals surface area contributed by atoms with E-state index < -0.39 is 17.7 Å². The Balaban J connectivity index is 1.56. The molecule has 1 amide bonds. The number of ketones is 1. The first-order valence-corrected chi connectivity index (χ1v) is 12.5. The van der Waals surface area contributed by atoms with E-state index in [1.165, 1.54) is 4.90 Å². The van der Waals surface area contributed by atoms with E-state index in [2.05, 4.69) is 0 Å². The number of benzene rings is 4. The maximum absolute atomic E-state index is 13.4. The number of likely N-dealkylation sites (tertiary alicyclic amines) is 1. The van der Waals surface area contributed by atoms with Crippen LogP contribution in [0.4, 0.5) is 0 Å². The molecule has 1 aliphatic heterocycles. The van der Waals surface area contributed by atoms with Crippen molar-refractivity contribution in [1.29, 1.82) is 0 Å². The molecule has 0 saturated carbocycles. The van der Waals surface area contributed by atoms with E-state index in [1.54, 1.807) is 25.3 Å². The summed E-state index contributed by atoms with van der Waals surface area (Å²) in [7, 11) is 1.55. The minimum Gasteiger partial charge on any atom is -0.507 e. The Morgan fingerprint density at radius 3 is 2.42 bits per heavy atom. The van der Waals surface area contributed by atoms with E-state index in [4.69, 9.17) is 9.47 Å². The lowest BCUT2D eigenvalue weighted by Gasteiger charge is -2.26. The summed E-state index contributed by atoms with van der Waals surface area (Å²) in [5.74, 6) is -0.893. The second kappa shape index (κ2) is 10.9. The van der Waals surface area contributed by atoms with Crippen LogP contribution in [0.3, 0.4) is 0 Å². The first-order valence-electron chi connectivity index (χ1n) is 12.5. The monoisotopic (exact) mass is 507 g/mol. The zero-order valence-electron chi connectivity index (χ0n) is 21.4. The van der Waals surface area contributed by atoms with Gasteiger partial charge in [-0.25, -0.2) is 0 Å². The SMILES string of the molecule is COCCN1C(=O)C(=O)/C(=C(\O)c2ccc(OCc3ccccc3)c(C)c2)C1c1cccc2ccccc12. The van der Waals surface area contributed by atoms with Crippen LogP contribution in [-0.2, 0) is 20.9 Å². The Bertz CT molecular complexity index is 1520. The molecule has 0 radical (unpaired) electrons. The van der Waals surface area contributed by atoms with Crippen LogP contribution >= 0.6 is 0 Å². The Morgan fingerprint density at radius 1 is 0.921 bits per heavy atom. The lowest BCUT2D eigenvalue weighted by atomic mass is 9.91. The molecule has 4 aromatic carbocycles. The Hall–Kier alpha value is -4.42. The Morgan fingerprint density at radius 2 is 1.66 bits per heavy atom. The summed E-state index contributed by atoms with van der Waals surface area (Å²) in [5, 5.41) is 13.4. The quantitative estimate of drug-likeness (QED) is 0.185. The van der Waals surface area contributed by atoms with Crippen LogP contribution < -0.4 is 4.74 Å². The van der Waals surface area contributed by atoms with Crippen molar-refractivity contribution in [3.63, 3.8) is 0 Å². The average molecular weight is 508 g/mol. The fourth-order valence-corrected chi connectivity index (χ4v) is 4.96. The van der Waals surface area contributed by atoms with E-state index in [-0.39, 0.29) is 24.5 Å².